The number of nitrogens with zero attached hydrogens (tertiary/aromatic N) is 2. The van der Waals surface area contributed by atoms with Gasteiger partial charge in [-0.2, -0.15) is 5.10 Å². The first-order valence-corrected chi connectivity index (χ1v) is 5.30. The van der Waals surface area contributed by atoms with Crippen molar-refractivity contribution in [2.24, 2.45) is 0 Å². The van der Waals surface area contributed by atoms with Gasteiger partial charge in [0.2, 0.25) is 0 Å². The molecule has 0 unspecified atom stereocenters. The molecule has 2 rings (SSSR count). The molecule has 15 heavy (non-hydrogen) atoms. The van der Waals surface area contributed by atoms with Crippen LogP contribution in [0.25, 0.3) is 0 Å². The molecule has 0 aliphatic carbocycles. The average molecular weight is 265 g/mol. The largest absolute Gasteiger partial charge is 0.296 e. The number of aromatic nitrogens is 2. The maximum Gasteiger partial charge on any atom is 0.170 e. The van der Waals surface area contributed by atoms with Crippen LogP contribution in [0.2, 0.25) is 0 Å². The zero-order valence-corrected chi connectivity index (χ0v) is 9.52. The van der Waals surface area contributed by atoms with Crippen molar-refractivity contribution >= 4 is 22.2 Å². The standard InChI is InChI=1S/C11H9BrN2O/c12-10-3-1-9(2-4-10)7-14-6-5-11(8-15)13-14/h1-6,8H,7H2. The van der Waals surface area contributed by atoms with Gasteiger partial charge in [-0.3, -0.25) is 9.48 Å². The number of rotatable bonds is 3. The highest BCUT2D eigenvalue weighted by atomic mass is 79.9. The van der Waals surface area contributed by atoms with Gasteiger partial charge < -0.3 is 0 Å². The van der Waals surface area contributed by atoms with E-state index in [0.717, 1.165) is 16.3 Å². The summed E-state index contributed by atoms with van der Waals surface area (Å²) in [5, 5.41) is 4.08. The van der Waals surface area contributed by atoms with Crippen LogP contribution >= 0.6 is 15.9 Å². The van der Waals surface area contributed by atoms with Gasteiger partial charge in [-0.05, 0) is 23.8 Å². The highest BCUT2D eigenvalue weighted by Crippen LogP contribution is 2.11. The Morgan fingerprint density at radius 2 is 2.00 bits per heavy atom. The molecule has 0 fully saturated rings. The molecule has 0 spiro atoms. The molecule has 1 aromatic heterocycles. The molecule has 4 heteroatoms. The Morgan fingerprint density at radius 3 is 2.60 bits per heavy atom. The Bertz CT molecular complexity index is 462. The summed E-state index contributed by atoms with van der Waals surface area (Å²) in [4.78, 5) is 10.4. The Labute approximate surface area is 95.9 Å². The van der Waals surface area contributed by atoms with Gasteiger partial charge in [0.25, 0.3) is 0 Å². The number of hydrogen-bond donors (Lipinski definition) is 0. The van der Waals surface area contributed by atoms with Crippen LogP contribution in [0.4, 0.5) is 0 Å². The van der Waals surface area contributed by atoms with Gasteiger partial charge in [0.05, 0.1) is 6.54 Å². The third-order valence-electron chi connectivity index (χ3n) is 2.04. The average Bonchev–Trinajstić information content (AvgIpc) is 2.69. The fraction of sp³-hybridized carbons (Fsp3) is 0.0909. The van der Waals surface area contributed by atoms with Crippen molar-refractivity contribution in [1.82, 2.24) is 9.78 Å². The zero-order valence-electron chi connectivity index (χ0n) is 7.93. The van der Waals surface area contributed by atoms with Gasteiger partial charge in [0, 0.05) is 10.7 Å². The summed E-state index contributed by atoms with van der Waals surface area (Å²) in [5.41, 5.74) is 1.62. The minimum atomic E-state index is 0.465. The van der Waals surface area contributed by atoms with Crippen LogP contribution in [0.1, 0.15) is 16.1 Å². The molecule has 0 amide bonds. The Morgan fingerprint density at radius 1 is 1.27 bits per heavy atom. The van der Waals surface area contributed by atoms with Gasteiger partial charge in [-0.25, -0.2) is 0 Å². The maximum atomic E-state index is 10.4. The van der Waals surface area contributed by atoms with Gasteiger partial charge in [0.1, 0.15) is 5.69 Å². The number of carbonyl (C=O) groups is 1. The smallest absolute Gasteiger partial charge is 0.170 e. The number of hydrogen-bond acceptors (Lipinski definition) is 2. The molecule has 76 valence electrons. The van der Waals surface area contributed by atoms with E-state index in [0.29, 0.717) is 12.2 Å². The maximum absolute atomic E-state index is 10.4. The summed E-state index contributed by atoms with van der Waals surface area (Å²) >= 11 is 3.38. The Balaban J connectivity index is 2.14. The van der Waals surface area contributed by atoms with Crippen molar-refractivity contribution < 1.29 is 4.79 Å². The van der Waals surface area contributed by atoms with Gasteiger partial charge in [-0.15, -0.1) is 0 Å². The second-order valence-corrected chi connectivity index (χ2v) is 4.10. The highest BCUT2D eigenvalue weighted by Gasteiger charge is 1.98. The molecule has 1 aromatic carbocycles. The molecule has 0 radical (unpaired) electrons. The van der Waals surface area contributed by atoms with Crippen molar-refractivity contribution in [1.29, 1.82) is 0 Å². The Hall–Kier alpha value is -1.42. The number of aldehydes is 1. The first-order chi connectivity index (χ1) is 7.28. The molecular weight excluding hydrogens is 256 g/mol. The van der Waals surface area contributed by atoms with E-state index in [9.17, 15) is 4.79 Å². The fourth-order valence-corrected chi connectivity index (χ4v) is 1.57. The van der Waals surface area contributed by atoms with Crippen molar-refractivity contribution in [3.05, 3.63) is 52.3 Å². The lowest BCUT2D eigenvalue weighted by Gasteiger charge is -2.01. The summed E-state index contributed by atoms with van der Waals surface area (Å²) in [7, 11) is 0. The van der Waals surface area contributed by atoms with Crippen molar-refractivity contribution in [3.8, 4) is 0 Å². The second kappa shape index (κ2) is 4.40. The second-order valence-electron chi connectivity index (χ2n) is 3.18. The van der Waals surface area contributed by atoms with E-state index < -0.39 is 0 Å². The normalized spacial score (nSPS) is 10.2. The summed E-state index contributed by atoms with van der Waals surface area (Å²) in [5.74, 6) is 0. The third-order valence-corrected chi connectivity index (χ3v) is 2.57. The van der Waals surface area contributed by atoms with E-state index in [1.54, 1.807) is 16.9 Å². The molecule has 0 saturated carbocycles. The number of benzene rings is 1. The molecule has 0 N–H and O–H groups in total. The number of halogens is 1. The molecule has 0 saturated heterocycles. The van der Waals surface area contributed by atoms with E-state index in [4.69, 9.17) is 0 Å². The van der Waals surface area contributed by atoms with E-state index >= 15 is 0 Å². The van der Waals surface area contributed by atoms with Crippen LogP contribution in [0.5, 0.6) is 0 Å². The highest BCUT2D eigenvalue weighted by molar-refractivity contribution is 9.10. The lowest BCUT2D eigenvalue weighted by molar-refractivity contribution is 0.111. The SMILES string of the molecule is O=Cc1ccn(Cc2ccc(Br)cc2)n1. The lowest BCUT2D eigenvalue weighted by atomic mass is 10.2. The lowest BCUT2D eigenvalue weighted by Crippen LogP contribution is -2.00. The first kappa shape index (κ1) is 10.1. The predicted molar refractivity (Wildman–Crippen MR) is 60.9 cm³/mol. The monoisotopic (exact) mass is 264 g/mol. The van der Waals surface area contributed by atoms with Gasteiger partial charge >= 0.3 is 0 Å². The molecule has 0 aliphatic heterocycles. The minimum Gasteiger partial charge on any atom is -0.296 e. The number of carbonyl (C=O) groups excluding carboxylic acids is 1. The molecule has 0 atom stereocenters. The van der Waals surface area contributed by atoms with Gasteiger partial charge in [0.15, 0.2) is 6.29 Å². The van der Waals surface area contributed by atoms with Crippen LogP contribution in [-0.2, 0) is 6.54 Å². The summed E-state index contributed by atoms with van der Waals surface area (Å²) in [6.45, 7) is 0.682. The van der Waals surface area contributed by atoms with Crippen LogP contribution in [0.3, 0.4) is 0 Å². The van der Waals surface area contributed by atoms with Crippen LogP contribution in [0.15, 0.2) is 41.0 Å². The fourth-order valence-electron chi connectivity index (χ4n) is 1.31. The summed E-state index contributed by atoms with van der Waals surface area (Å²) < 4.78 is 2.80. The molecular formula is C11H9BrN2O. The Kier molecular flexibility index (Phi) is 2.97. The van der Waals surface area contributed by atoms with E-state index in [1.165, 1.54) is 0 Å². The topological polar surface area (TPSA) is 34.9 Å². The quantitative estimate of drug-likeness (QED) is 0.799. The molecule has 2 aromatic rings. The van der Waals surface area contributed by atoms with E-state index in [1.807, 2.05) is 24.3 Å². The van der Waals surface area contributed by atoms with E-state index in [2.05, 4.69) is 21.0 Å². The van der Waals surface area contributed by atoms with Crippen LogP contribution in [-0.4, -0.2) is 16.1 Å². The summed E-state index contributed by atoms with van der Waals surface area (Å²) in [6, 6.07) is 9.71. The molecule has 3 nitrogen and oxygen atoms in total. The van der Waals surface area contributed by atoms with Crippen LogP contribution < -0.4 is 0 Å². The predicted octanol–water partition coefficient (Wildman–Crippen LogP) is 2.51. The van der Waals surface area contributed by atoms with Gasteiger partial charge in [-0.1, -0.05) is 28.1 Å². The molecule has 0 bridgehead atoms. The zero-order chi connectivity index (χ0) is 10.7. The minimum absolute atomic E-state index is 0.465. The third kappa shape index (κ3) is 2.53. The van der Waals surface area contributed by atoms with E-state index in [-0.39, 0.29) is 0 Å². The summed E-state index contributed by atoms with van der Waals surface area (Å²) in [6.07, 6.45) is 2.55. The molecule has 0 aliphatic rings. The van der Waals surface area contributed by atoms with Crippen molar-refractivity contribution in [3.63, 3.8) is 0 Å². The van der Waals surface area contributed by atoms with Crippen molar-refractivity contribution in [2.75, 3.05) is 0 Å². The molecule has 1 heterocycles. The first-order valence-electron chi connectivity index (χ1n) is 4.51. The van der Waals surface area contributed by atoms with Crippen LogP contribution in [0, 0.1) is 0 Å². The van der Waals surface area contributed by atoms with Crippen molar-refractivity contribution in [2.45, 2.75) is 6.54 Å².